The molecule has 4 rings (SSSR count). The number of nitrogens with zero attached hydrogens (tertiary/aromatic N) is 4. The summed E-state index contributed by atoms with van der Waals surface area (Å²) in [6.45, 7) is 0. The molecule has 10 heteroatoms. The molecule has 0 radical (unpaired) electrons. The zero-order chi connectivity index (χ0) is 19.3. The van der Waals surface area contributed by atoms with Crippen LogP contribution in [0.15, 0.2) is 59.1 Å². The minimum atomic E-state index is -2.22. The Morgan fingerprint density at radius 1 is 1.04 bits per heavy atom. The van der Waals surface area contributed by atoms with Gasteiger partial charge in [-0.1, -0.05) is 16.9 Å². The van der Waals surface area contributed by atoms with E-state index in [0.29, 0.717) is 29.2 Å². The number of aromatic nitrogens is 3. The molecule has 4 N–H and O–H groups in total. The van der Waals surface area contributed by atoms with Crippen LogP contribution < -0.4 is 16.2 Å². The minimum Gasteiger partial charge on any atom is -0.454 e. The smallest absolute Gasteiger partial charge is 0.225 e. The number of hydrogen-bond donors (Lipinski definition) is 4. The summed E-state index contributed by atoms with van der Waals surface area (Å²) < 4.78 is 23.1. The van der Waals surface area contributed by atoms with Crippen molar-refractivity contribution in [2.24, 2.45) is 4.36 Å². The van der Waals surface area contributed by atoms with E-state index in [-0.39, 0.29) is 0 Å². The number of hydrazine groups is 1. The molecule has 0 atom stereocenters. The molecule has 2 heterocycles. The van der Waals surface area contributed by atoms with Gasteiger partial charge in [0.15, 0.2) is 5.82 Å². The molecule has 144 valence electrons. The van der Waals surface area contributed by atoms with Gasteiger partial charge in [0, 0.05) is 24.0 Å². The molecular weight excluding hydrogens is 378 g/mol. The minimum absolute atomic E-state index is 0.418. The fourth-order valence-electron chi connectivity index (χ4n) is 2.46. The standard InChI is InChI=1S/C18H18N7O2S/c26-28(27)25-14-8-6-13(7-9-14)23-24-17-11-16(15-3-1-2-10-19-15)21-18(22-17)20-12-4-5-12/h1-3,6-12,23H,4-5H2,(H,25,26,27)(H2,20,21,22,24)/q-1. The first-order chi connectivity index (χ1) is 13.7. The van der Waals surface area contributed by atoms with Gasteiger partial charge in [-0.05, 0) is 49.2 Å². The highest BCUT2D eigenvalue weighted by Gasteiger charge is 2.22. The summed E-state index contributed by atoms with van der Waals surface area (Å²) in [7, 11) is -2.22. The van der Waals surface area contributed by atoms with Crippen LogP contribution in [0.25, 0.3) is 11.4 Å². The van der Waals surface area contributed by atoms with Gasteiger partial charge < -0.3 is 18.4 Å². The third-order valence-electron chi connectivity index (χ3n) is 3.95. The number of hydrogen-bond acceptors (Lipinski definition) is 9. The lowest BCUT2D eigenvalue weighted by Crippen LogP contribution is -2.13. The molecule has 1 aliphatic rings. The summed E-state index contributed by atoms with van der Waals surface area (Å²) >= 11 is 0. The largest absolute Gasteiger partial charge is 0.454 e. The predicted molar refractivity (Wildman–Crippen MR) is 108 cm³/mol. The molecule has 0 saturated heterocycles. The molecule has 0 bridgehead atoms. The number of nitrogens with one attached hydrogen (secondary N) is 3. The van der Waals surface area contributed by atoms with E-state index in [1.807, 2.05) is 24.3 Å². The summed E-state index contributed by atoms with van der Waals surface area (Å²) in [6.07, 6.45) is 3.96. The molecule has 2 aromatic heterocycles. The maximum Gasteiger partial charge on any atom is 0.225 e. The Kier molecular flexibility index (Phi) is 5.31. The van der Waals surface area contributed by atoms with Crippen LogP contribution in [0.1, 0.15) is 12.8 Å². The second-order valence-corrected chi connectivity index (χ2v) is 6.86. The quantitative estimate of drug-likeness (QED) is 0.270. The van der Waals surface area contributed by atoms with Crippen LogP contribution in [0, 0.1) is 0 Å². The normalized spacial score (nSPS) is 14.5. The van der Waals surface area contributed by atoms with Crippen LogP contribution in [-0.4, -0.2) is 25.5 Å². The summed E-state index contributed by atoms with van der Waals surface area (Å²) in [5, 5.41) is 3.31. The van der Waals surface area contributed by atoms with Crippen molar-refractivity contribution in [3.63, 3.8) is 0 Å². The number of benzene rings is 1. The van der Waals surface area contributed by atoms with Crippen molar-refractivity contribution >= 4 is 34.0 Å². The lowest BCUT2D eigenvalue weighted by atomic mass is 10.2. The summed E-state index contributed by atoms with van der Waals surface area (Å²) in [6, 6.07) is 14.7. The van der Waals surface area contributed by atoms with Crippen LogP contribution in [0.4, 0.5) is 23.1 Å². The first kappa shape index (κ1) is 18.1. The van der Waals surface area contributed by atoms with Crippen LogP contribution in [0.2, 0.25) is 0 Å². The third-order valence-corrected chi connectivity index (χ3v) is 4.32. The highest BCUT2D eigenvalue weighted by Crippen LogP contribution is 2.26. The van der Waals surface area contributed by atoms with Crippen LogP contribution in [-0.2, 0) is 15.1 Å². The van der Waals surface area contributed by atoms with E-state index in [2.05, 4.69) is 35.5 Å². The first-order valence-corrected chi connectivity index (χ1v) is 9.74. The summed E-state index contributed by atoms with van der Waals surface area (Å²) in [4.78, 5) is 13.4. The maximum absolute atomic E-state index is 10.7. The van der Waals surface area contributed by atoms with E-state index in [4.69, 9.17) is 4.55 Å². The second kappa shape index (κ2) is 8.19. The van der Waals surface area contributed by atoms with Crippen molar-refractivity contribution in [2.75, 3.05) is 16.2 Å². The molecule has 3 aromatic rings. The monoisotopic (exact) mass is 396 g/mol. The van der Waals surface area contributed by atoms with Crippen molar-refractivity contribution in [1.82, 2.24) is 15.0 Å². The Balaban J connectivity index is 1.53. The van der Waals surface area contributed by atoms with Crippen LogP contribution >= 0.6 is 0 Å². The Hall–Kier alpha value is -3.24. The Morgan fingerprint density at radius 2 is 1.86 bits per heavy atom. The molecule has 0 unspecified atom stereocenters. The van der Waals surface area contributed by atoms with Crippen molar-refractivity contribution in [3.8, 4) is 11.4 Å². The highest BCUT2D eigenvalue weighted by molar-refractivity contribution is 7.68. The lowest BCUT2D eigenvalue weighted by molar-refractivity contribution is 0.529. The molecule has 0 aliphatic heterocycles. The van der Waals surface area contributed by atoms with Crippen molar-refractivity contribution in [1.29, 1.82) is 0 Å². The molecule has 28 heavy (non-hydrogen) atoms. The first-order valence-electron chi connectivity index (χ1n) is 8.67. The average molecular weight is 396 g/mol. The van der Waals surface area contributed by atoms with Crippen molar-refractivity contribution in [3.05, 3.63) is 54.7 Å². The zero-order valence-corrected chi connectivity index (χ0v) is 15.6. The average Bonchev–Trinajstić information content (AvgIpc) is 3.51. The van der Waals surface area contributed by atoms with Gasteiger partial charge in [0.2, 0.25) is 5.95 Å². The fraction of sp³-hybridized carbons (Fsp3) is 0.167. The molecule has 0 amide bonds. The molecular formula is C18H18N7O2S-. The SMILES string of the molecule is O=[S-](O)=Nc1ccc(NNc2cc(-c3ccccn3)nc(NC3CC3)n2)cc1. The van der Waals surface area contributed by atoms with Gasteiger partial charge in [0.1, 0.15) is 0 Å². The molecule has 1 aromatic carbocycles. The van der Waals surface area contributed by atoms with E-state index < -0.39 is 10.9 Å². The summed E-state index contributed by atoms with van der Waals surface area (Å²) in [5.74, 6) is 1.14. The Morgan fingerprint density at radius 3 is 2.54 bits per heavy atom. The van der Waals surface area contributed by atoms with E-state index in [1.165, 1.54) is 0 Å². The van der Waals surface area contributed by atoms with Crippen LogP contribution in [0.5, 0.6) is 0 Å². The van der Waals surface area contributed by atoms with Gasteiger partial charge in [-0.25, -0.2) is 4.98 Å². The lowest BCUT2D eigenvalue weighted by Gasteiger charge is -2.12. The van der Waals surface area contributed by atoms with Crippen molar-refractivity contribution in [2.45, 2.75) is 18.9 Å². The molecule has 9 nitrogen and oxygen atoms in total. The second-order valence-electron chi connectivity index (χ2n) is 6.21. The summed E-state index contributed by atoms with van der Waals surface area (Å²) in [5.41, 5.74) is 8.74. The molecule has 1 aliphatic carbocycles. The molecule has 1 saturated carbocycles. The van der Waals surface area contributed by atoms with Gasteiger partial charge in [0.05, 0.1) is 17.1 Å². The fourth-order valence-corrected chi connectivity index (χ4v) is 2.77. The zero-order valence-electron chi connectivity index (χ0n) is 14.7. The topological polar surface area (TPSA) is 124 Å². The molecule has 0 spiro atoms. The predicted octanol–water partition coefficient (Wildman–Crippen LogP) is 3.80. The number of pyridine rings is 1. The van der Waals surface area contributed by atoms with Gasteiger partial charge in [-0.2, -0.15) is 4.98 Å². The Labute approximate surface area is 163 Å². The van der Waals surface area contributed by atoms with E-state index in [0.717, 1.165) is 24.2 Å². The number of anilines is 3. The van der Waals surface area contributed by atoms with Gasteiger partial charge in [-0.15, -0.1) is 0 Å². The number of rotatable bonds is 7. The third kappa shape index (κ3) is 4.93. The van der Waals surface area contributed by atoms with Gasteiger partial charge in [0.25, 0.3) is 0 Å². The van der Waals surface area contributed by atoms with E-state index in [9.17, 15) is 4.21 Å². The van der Waals surface area contributed by atoms with E-state index in [1.54, 1.807) is 30.5 Å². The van der Waals surface area contributed by atoms with Gasteiger partial charge >= 0.3 is 0 Å². The molecule has 1 fully saturated rings. The van der Waals surface area contributed by atoms with Crippen LogP contribution in [0.3, 0.4) is 0 Å². The van der Waals surface area contributed by atoms with Crippen molar-refractivity contribution < 1.29 is 8.76 Å². The maximum atomic E-state index is 10.7. The van der Waals surface area contributed by atoms with Gasteiger partial charge in [-0.3, -0.25) is 15.8 Å². The Bertz CT molecular complexity index is 1030. The van der Waals surface area contributed by atoms with E-state index >= 15 is 0 Å². The highest BCUT2D eigenvalue weighted by atomic mass is 32.2.